The Hall–Kier alpha value is -1.18. The van der Waals surface area contributed by atoms with Crippen molar-refractivity contribution in [3.05, 3.63) is 31.9 Å². The molecule has 5 nitrogen and oxygen atoms in total. The van der Waals surface area contributed by atoms with Gasteiger partial charge in [0.05, 0.1) is 9.26 Å². The first-order chi connectivity index (χ1) is 8.17. The Morgan fingerprint density at radius 3 is 2.88 bits per heavy atom. The van der Waals surface area contributed by atoms with Crippen LogP contribution < -0.4 is 5.56 Å². The van der Waals surface area contributed by atoms with Crippen molar-refractivity contribution in [2.24, 2.45) is 0 Å². The van der Waals surface area contributed by atoms with Gasteiger partial charge in [-0.2, -0.15) is 5.10 Å². The van der Waals surface area contributed by atoms with Gasteiger partial charge in [-0.15, -0.1) is 0 Å². The summed E-state index contributed by atoms with van der Waals surface area (Å²) in [7, 11) is 0. The maximum atomic E-state index is 11.8. The van der Waals surface area contributed by atoms with Crippen LogP contribution in [0, 0.1) is 3.57 Å². The molecule has 0 radical (unpaired) electrons. The van der Waals surface area contributed by atoms with Crippen LogP contribution in [0.2, 0.25) is 0 Å². The average molecular weight is 344 g/mol. The van der Waals surface area contributed by atoms with E-state index in [2.05, 4.69) is 15.1 Å². The lowest BCUT2D eigenvalue weighted by Gasteiger charge is -2.06. The molecule has 2 rings (SSSR count). The van der Waals surface area contributed by atoms with Crippen molar-refractivity contribution in [3.8, 4) is 11.5 Å². The van der Waals surface area contributed by atoms with Crippen LogP contribution in [-0.2, 0) is 13.0 Å². The number of aromatic amines is 1. The van der Waals surface area contributed by atoms with Crippen molar-refractivity contribution in [1.29, 1.82) is 0 Å². The number of hydrogen-bond donors (Lipinski definition) is 1. The molecule has 0 saturated heterocycles. The average Bonchev–Trinajstić information content (AvgIpc) is 2.80. The number of halogens is 1. The van der Waals surface area contributed by atoms with E-state index >= 15 is 0 Å². The summed E-state index contributed by atoms with van der Waals surface area (Å²) in [5.41, 5.74) is 1.58. The highest BCUT2D eigenvalue weighted by atomic mass is 127. The lowest BCUT2D eigenvalue weighted by atomic mass is 10.3. The highest BCUT2D eigenvalue weighted by molar-refractivity contribution is 14.1. The molecule has 0 saturated carbocycles. The van der Waals surface area contributed by atoms with E-state index in [-0.39, 0.29) is 5.56 Å². The topological polar surface area (TPSA) is 63.6 Å². The summed E-state index contributed by atoms with van der Waals surface area (Å²) in [6.45, 7) is 4.74. The molecule has 2 aromatic rings. The van der Waals surface area contributed by atoms with E-state index in [1.54, 1.807) is 6.20 Å². The first-order valence-electron chi connectivity index (χ1n) is 5.48. The Labute approximate surface area is 112 Å². The Balaban J connectivity index is 2.61. The minimum atomic E-state index is -0.0868. The number of aromatic nitrogens is 4. The highest BCUT2D eigenvalue weighted by Crippen LogP contribution is 2.15. The van der Waals surface area contributed by atoms with Gasteiger partial charge in [-0.25, -0.2) is 4.98 Å². The second-order valence-corrected chi connectivity index (χ2v) is 4.64. The van der Waals surface area contributed by atoms with Crippen LogP contribution in [0.15, 0.2) is 17.1 Å². The third-order valence-corrected chi connectivity index (χ3v) is 3.64. The van der Waals surface area contributed by atoms with Crippen LogP contribution in [0.3, 0.4) is 0 Å². The second-order valence-electron chi connectivity index (χ2n) is 3.56. The van der Waals surface area contributed by atoms with Gasteiger partial charge in [0.15, 0.2) is 5.82 Å². The van der Waals surface area contributed by atoms with Crippen LogP contribution in [-0.4, -0.2) is 19.7 Å². The zero-order valence-corrected chi connectivity index (χ0v) is 11.9. The summed E-state index contributed by atoms with van der Waals surface area (Å²) >= 11 is 2.03. The molecule has 90 valence electrons. The van der Waals surface area contributed by atoms with Crippen molar-refractivity contribution in [1.82, 2.24) is 19.7 Å². The minimum Gasteiger partial charge on any atom is -0.304 e. The summed E-state index contributed by atoms with van der Waals surface area (Å²) in [5.74, 6) is 0.589. The maximum Gasteiger partial charge on any atom is 0.264 e. The number of rotatable bonds is 3. The molecule has 0 aliphatic rings. The van der Waals surface area contributed by atoms with E-state index in [4.69, 9.17) is 0 Å². The van der Waals surface area contributed by atoms with Gasteiger partial charge in [-0.1, -0.05) is 6.92 Å². The predicted molar refractivity (Wildman–Crippen MR) is 73.8 cm³/mol. The molecule has 0 aliphatic carbocycles. The molecule has 0 atom stereocenters. The quantitative estimate of drug-likeness (QED) is 0.864. The molecular weight excluding hydrogens is 331 g/mol. The van der Waals surface area contributed by atoms with Crippen molar-refractivity contribution in [2.75, 3.05) is 0 Å². The van der Waals surface area contributed by atoms with E-state index in [1.165, 1.54) is 0 Å². The molecular formula is C11H13IN4O. The van der Waals surface area contributed by atoms with Gasteiger partial charge in [-0.05, 0) is 42.0 Å². The molecule has 17 heavy (non-hydrogen) atoms. The number of aryl methyl sites for hydroxylation is 2. The number of nitrogens with zero attached hydrogens (tertiary/aromatic N) is 3. The summed E-state index contributed by atoms with van der Waals surface area (Å²) in [5, 5.41) is 4.17. The largest absolute Gasteiger partial charge is 0.304 e. The van der Waals surface area contributed by atoms with Gasteiger partial charge in [0.2, 0.25) is 0 Å². The predicted octanol–water partition coefficient (Wildman–Crippen LogP) is 1.82. The molecule has 2 aromatic heterocycles. The van der Waals surface area contributed by atoms with Gasteiger partial charge < -0.3 is 4.98 Å². The van der Waals surface area contributed by atoms with Crippen molar-refractivity contribution in [2.45, 2.75) is 26.8 Å². The fourth-order valence-corrected chi connectivity index (χ4v) is 2.28. The molecule has 0 aliphatic heterocycles. The summed E-state index contributed by atoms with van der Waals surface area (Å²) in [4.78, 5) is 19.1. The van der Waals surface area contributed by atoms with Crippen molar-refractivity contribution in [3.63, 3.8) is 0 Å². The number of H-pyrrole nitrogens is 1. The first kappa shape index (κ1) is 12.3. The number of nitrogens with one attached hydrogen (secondary N) is 1. The fraction of sp³-hybridized carbons (Fsp3) is 0.364. The van der Waals surface area contributed by atoms with Crippen LogP contribution in [0.25, 0.3) is 11.5 Å². The van der Waals surface area contributed by atoms with Crippen molar-refractivity contribution < 1.29 is 0 Å². The maximum absolute atomic E-state index is 11.8. The van der Waals surface area contributed by atoms with E-state index in [9.17, 15) is 4.79 Å². The lowest BCUT2D eigenvalue weighted by molar-refractivity contribution is 0.663. The van der Waals surface area contributed by atoms with Gasteiger partial charge in [0.25, 0.3) is 5.56 Å². The van der Waals surface area contributed by atoms with E-state index in [0.29, 0.717) is 9.39 Å². The fourth-order valence-electron chi connectivity index (χ4n) is 1.65. The minimum absolute atomic E-state index is 0.0868. The molecule has 0 amide bonds. The van der Waals surface area contributed by atoms with Gasteiger partial charge in [-0.3, -0.25) is 9.48 Å². The normalized spacial score (nSPS) is 10.8. The molecule has 0 fully saturated rings. The Bertz CT molecular complexity index is 587. The summed E-state index contributed by atoms with van der Waals surface area (Å²) < 4.78 is 2.47. The Morgan fingerprint density at radius 1 is 1.47 bits per heavy atom. The van der Waals surface area contributed by atoms with E-state index in [0.717, 1.165) is 24.4 Å². The molecule has 0 unspecified atom stereocenters. The highest BCUT2D eigenvalue weighted by Gasteiger charge is 2.11. The lowest BCUT2D eigenvalue weighted by Crippen LogP contribution is -2.17. The van der Waals surface area contributed by atoms with Crippen LogP contribution in [0.1, 0.15) is 19.5 Å². The van der Waals surface area contributed by atoms with Crippen molar-refractivity contribution >= 4 is 22.6 Å². The Kier molecular flexibility index (Phi) is 3.60. The van der Waals surface area contributed by atoms with Crippen LogP contribution in [0.4, 0.5) is 0 Å². The molecule has 6 heteroatoms. The van der Waals surface area contributed by atoms with E-state index < -0.39 is 0 Å². The Morgan fingerprint density at radius 2 is 2.24 bits per heavy atom. The van der Waals surface area contributed by atoms with Crippen LogP contribution >= 0.6 is 22.6 Å². The third kappa shape index (κ3) is 2.26. The SMILES string of the molecule is CCc1nc(-c2ccnn2CC)[nH]c(=O)c1I. The van der Waals surface area contributed by atoms with E-state index in [1.807, 2.05) is 47.2 Å². The third-order valence-electron chi connectivity index (χ3n) is 2.52. The molecule has 0 aromatic carbocycles. The van der Waals surface area contributed by atoms with Crippen LogP contribution in [0.5, 0.6) is 0 Å². The smallest absolute Gasteiger partial charge is 0.264 e. The second kappa shape index (κ2) is 4.99. The zero-order valence-electron chi connectivity index (χ0n) is 9.70. The molecule has 0 bridgehead atoms. The molecule has 1 N–H and O–H groups in total. The summed E-state index contributed by atoms with van der Waals surface area (Å²) in [6, 6.07) is 1.86. The molecule has 0 spiro atoms. The zero-order chi connectivity index (χ0) is 12.4. The van der Waals surface area contributed by atoms with Gasteiger partial charge in [0.1, 0.15) is 5.69 Å². The van der Waals surface area contributed by atoms with Gasteiger partial charge >= 0.3 is 0 Å². The monoisotopic (exact) mass is 344 g/mol. The first-order valence-corrected chi connectivity index (χ1v) is 6.56. The standard InChI is InChI=1S/C11H13IN4O/c1-3-7-9(12)11(17)15-10(14-7)8-5-6-13-16(8)4-2/h5-6H,3-4H2,1-2H3,(H,14,15,17). The molecule has 2 heterocycles. The van der Waals surface area contributed by atoms with Gasteiger partial charge in [0, 0.05) is 12.7 Å². The summed E-state index contributed by atoms with van der Waals surface area (Å²) in [6.07, 6.45) is 2.46. The number of hydrogen-bond acceptors (Lipinski definition) is 3.